The number of ether oxygens (including phenoxy) is 3. The van der Waals surface area contributed by atoms with Crippen molar-refractivity contribution in [3.05, 3.63) is 71.2 Å². The third-order valence-electron chi connectivity index (χ3n) is 7.09. The molecule has 1 aromatic carbocycles. The van der Waals surface area contributed by atoms with Crippen LogP contribution in [0.1, 0.15) is 64.6 Å². The van der Waals surface area contributed by atoms with Crippen molar-refractivity contribution >= 4 is 23.6 Å². The Morgan fingerprint density at radius 1 is 1.30 bits per heavy atom. The zero-order valence-electron chi connectivity index (χ0n) is 26.0. The SMILES string of the molecule is C/C=N\N1C=CC(Oc2ccc(N=C(N)c3nc4c(cc3OC#N)OCC(C)CN4CCCCC)c(F)c2C)=C/C1=C\CC. The highest BCUT2D eigenvalue weighted by atomic mass is 19.1. The maximum absolute atomic E-state index is 15.7. The van der Waals surface area contributed by atoms with Crippen LogP contribution in [0, 0.1) is 30.2 Å². The predicted octanol–water partition coefficient (Wildman–Crippen LogP) is 6.84. The van der Waals surface area contributed by atoms with E-state index in [1.165, 1.54) is 6.07 Å². The molecule has 232 valence electrons. The number of allylic oxidation sites excluding steroid dienone is 3. The average molecular weight is 602 g/mol. The van der Waals surface area contributed by atoms with E-state index in [9.17, 15) is 5.26 Å². The number of anilines is 1. The Kier molecular flexibility index (Phi) is 11.0. The van der Waals surface area contributed by atoms with Gasteiger partial charge >= 0.3 is 0 Å². The standard InChI is InChI=1S/C33H40FN7O3/c1-6-9-10-15-40-19-22(4)20-42-29-18-28(43-21-35)31(39-33(29)40)32(36)38-26-12-13-27(23(5)30(26)34)44-25-14-16-41(37-8-3)24(17-25)11-7-2/h8,11-14,16-18,22H,6-7,9-10,15,19-20H2,1-5H3,(H2,36,38)/b24-11+,37-8-. The molecule has 1 atom stereocenters. The monoisotopic (exact) mass is 601 g/mol. The summed E-state index contributed by atoms with van der Waals surface area (Å²) in [6.45, 7) is 11.8. The van der Waals surface area contributed by atoms with Gasteiger partial charge in [-0.15, -0.1) is 5.26 Å². The number of unbranched alkanes of at least 4 members (excludes halogenated alkanes) is 2. The number of nitrogens with two attached hydrogens (primary N) is 1. The second kappa shape index (κ2) is 15.0. The summed E-state index contributed by atoms with van der Waals surface area (Å²) in [6.07, 6.45) is 14.8. The number of hydrogen-bond acceptors (Lipinski definition) is 9. The van der Waals surface area contributed by atoms with Crippen molar-refractivity contribution in [2.45, 2.75) is 60.3 Å². The number of pyridine rings is 1. The van der Waals surface area contributed by atoms with E-state index in [4.69, 9.17) is 24.9 Å². The summed E-state index contributed by atoms with van der Waals surface area (Å²) in [6, 6.07) is 4.73. The summed E-state index contributed by atoms with van der Waals surface area (Å²) in [7, 11) is 0. The molecule has 0 aliphatic carbocycles. The van der Waals surface area contributed by atoms with E-state index in [2.05, 4.69) is 28.8 Å². The van der Waals surface area contributed by atoms with Crippen LogP contribution in [0.4, 0.5) is 15.9 Å². The molecule has 4 rings (SSSR count). The van der Waals surface area contributed by atoms with Crippen LogP contribution in [0.3, 0.4) is 0 Å². The quantitative estimate of drug-likeness (QED) is 0.129. The number of benzene rings is 1. The molecule has 0 fully saturated rings. The first kappa shape index (κ1) is 32.1. The van der Waals surface area contributed by atoms with Crippen LogP contribution >= 0.6 is 0 Å². The summed E-state index contributed by atoms with van der Waals surface area (Å²) in [4.78, 5) is 11.3. The summed E-state index contributed by atoms with van der Waals surface area (Å²) >= 11 is 0. The van der Waals surface area contributed by atoms with Crippen molar-refractivity contribution in [1.29, 1.82) is 5.26 Å². The minimum atomic E-state index is -0.594. The third kappa shape index (κ3) is 7.56. The van der Waals surface area contributed by atoms with Crippen molar-refractivity contribution in [3.63, 3.8) is 0 Å². The lowest BCUT2D eigenvalue weighted by Crippen LogP contribution is -2.30. The van der Waals surface area contributed by atoms with Crippen molar-refractivity contribution < 1.29 is 18.6 Å². The maximum Gasteiger partial charge on any atom is 0.292 e. The fourth-order valence-corrected chi connectivity index (χ4v) is 4.91. The van der Waals surface area contributed by atoms with Gasteiger partial charge in [0.2, 0.25) is 0 Å². The molecule has 2 aromatic rings. The number of nitriles is 1. The Labute approximate surface area is 258 Å². The number of aliphatic imine (C=N–C) groups is 1. The van der Waals surface area contributed by atoms with Crippen molar-refractivity contribution in [2.24, 2.45) is 21.7 Å². The van der Waals surface area contributed by atoms with E-state index in [0.29, 0.717) is 29.7 Å². The van der Waals surface area contributed by atoms with Crippen LogP contribution < -0.4 is 24.8 Å². The Morgan fingerprint density at radius 2 is 2.11 bits per heavy atom. The highest BCUT2D eigenvalue weighted by molar-refractivity contribution is 6.00. The number of hydrazone groups is 1. The second-order valence-corrected chi connectivity index (χ2v) is 10.7. The molecular formula is C33H40FN7O3. The summed E-state index contributed by atoms with van der Waals surface area (Å²) in [5, 5.41) is 15.4. The van der Waals surface area contributed by atoms with Crippen LogP contribution in [0.5, 0.6) is 17.2 Å². The maximum atomic E-state index is 15.7. The van der Waals surface area contributed by atoms with Crippen molar-refractivity contribution in [1.82, 2.24) is 9.99 Å². The largest absolute Gasteiger partial charge is 0.489 e. The lowest BCUT2D eigenvalue weighted by molar-refractivity contribution is 0.272. The van der Waals surface area contributed by atoms with E-state index in [1.807, 2.05) is 26.0 Å². The topological polar surface area (TPSA) is 122 Å². The first-order chi connectivity index (χ1) is 21.3. The fourth-order valence-electron chi connectivity index (χ4n) is 4.91. The molecule has 0 saturated heterocycles. The van der Waals surface area contributed by atoms with Crippen LogP contribution in [0.25, 0.3) is 0 Å². The molecule has 44 heavy (non-hydrogen) atoms. The highest BCUT2D eigenvalue weighted by Crippen LogP contribution is 2.37. The molecule has 0 saturated carbocycles. The molecule has 10 nitrogen and oxygen atoms in total. The Hall–Kier alpha value is -4.85. The van der Waals surface area contributed by atoms with E-state index >= 15 is 4.39 Å². The van der Waals surface area contributed by atoms with Gasteiger partial charge in [-0.3, -0.25) is 0 Å². The zero-order chi connectivity index (χ0) is 31.6. The molecule has 2 N–H and O–H groups in total. The van der Waals surface area contributed by atoms with Gasteiger partial charge in [0.1, 0.15) is 17.2 Å². The lowest BCUT2D eigenvalue weighted by Gasteiger charge is -2.25. The van der Waals surface area contributed by atoms with E-state index in [-0.39, 0.29) is 34.4 Å². The van der Waals surface area contributed by atoms with E-state index < -0.39 is 5.82 Å². The molecule has 1 aromatic heterocycles. The van der Waals surface area contributed by atoms with Gasteiger partial charge in [-0.25, -0.2) is 19.4 Å². The van der Waals surface area contributed by atoms with E-state index in [0.717, 1.165) is 44.5 Å². The average Bonchev–Trinajstić information content (AvgIpc) is 3.16. The predicted molar refractivity (Wildman–Crippen MR) is 171 cm³/mol. The number of fused-ring (bicyclic) bond motifs is 1. The molecule has 0 spiro atoms. The molecule has 11 heteroatoms. The minimum Gasteiger partial charge on any atom is -0.489 e. The first-order valence-electron chi connectivity index (χ1n) is 15.0. The zero-order valence-corrected chi connectivity index (χ0v) is 26.0. The molecule has 1 unspecified atom stereocenters. The van der Waals surface area contributed by atoms with Crippen LogP contribution in [-0.2, 0) is 0 Å². The smallest absolute Gasteiger partial charge is 0.292 e. The van der Waals surface area contributed by atoms with Crippen LogP contribution in [0.2, 0.25) is 0 Å². The molecule has 0 amide bonds. The second-order valence-electron chi connectivity index (χ2n) is 10.7. The van der Waals surface area contributed by atoms with Gasteiger partial charge in [0.05, 0.1) is 12.3 Å². The minimum absolute atomic E-state index is 0.000124. The van der Waals surface area contributed by atoms with Gasteiger partial charge in [-0.2, -0.15) is 5.10 Å². The lowest BCUT2D eigenvalue weighted by atomic mass is 10.1. The molecule has 0 bridgehead atoms. The number of halogens is 1. The third-order valence-corrected chi connectivity index (χ3v) is 7.09. The number of amidine groups is 1. The van der Waals surface area contributed by atoms with Gasteiger partial charge < -0.3 is 24.8 Å². The van der Waals surface area contributed by atoms with Crippen molar-refractivity contribution in [3.8, 4) is 23.5 Å². The molecule has 2 aliphatic heterocycles. The highest BCUT2D eigenvalue weighted by Gasteiger charge is 2.26. The van der Waals surface area contributed by atoms with Crippen LogP contribution in [-0.4, -0.2) is 41.7 Å². The summed E-state index contributed by atoms with van der Waals surface area (Å²) in [5.74, 6) is 1.63. The molecular weight excluding hydrogens is 561 g/mol. The molecule has 3 heterocycles. The van der Waals surface area contributed by atoms with Gasteiger partial charge in [-0.1, -0.05) is 39.7 Å². The summed E-state index contributed by atoms with van der Waals surface area (Å²) in [5.41, 5.74) is 7.66. The number of nitrogens with zero attached hydrogens (tertiary/aromatic N) is 6. The van der Waals surface area contributed by atoms with Crippen LogP contribution in [0.15, 0.2) is 64.2 Å². The Bertz CT molecular complexity index is 1540. The Morgan fingerprint density at radius 3 is 2.84 bits per heavy atom. The normalized spacial score (nSPS) is 17.7. The number of rotatable bonds is 11. The Balaban J connectivity index is 1.66. The first-order valence-corrected chi connectivity index (χ1v) is 15.0. The fraction of sp³-hybridized carbons (Fsp3) is 0.394. The van der Waals surface area contributed by atoms with Gasteiger partial charge in [0.25, 0.3) is 6.26 Å². The van der Waals surface area contributed by atoms with Gasteiger partial charge in [0, 0.05) is 49.1 Å². The van der Waals surface area contributed by atoms with E-state index in [1.54, 1.807) is 48.8 Å². The van der Waals surface area contributed by atoms with Gasteiger partial charge in [0.15, 0.2) is 34.7 Å². The van der Waals surface area contributed by atoms with Crippen molar-refractivity contribution in [2.75, 3.05) is 24.6 Å². The number of aromatic nitrogens is 1. The summed E-state index contributed by atoms with van der Waals surface area (Å²) < 4.78 is 32.9. The molecule has 2 aliphatic rings. The molecule has 0 radical (unpaired) electrons. The van der Waals surface area contributed by atoms with Gasteiger partial charge in [-0.05, 0) is 44.9 Å². The number of hydrogen-bond donors (Lipinski definition) is 1.